The molecule has 1 saturated heterocycles. The third-order valence-electron chi connectivity index (χ3n) is 2.87. The summed E-state index contributed by atoms with van der Waals surface area (Å²) in [5.74, 6) is 0. The molecule has 92 valence electrons. The maximum atomic E-state index is 5.34. The van der Waals surface area contributed by atoms with Gasteiger partial charge in [-0.15, -0.1) is 0 Å². The highest BCUT2D eigenvalue weighted by Crippen LogP contribution is 2.22. The molecule has 0 amide bonds. The summed E-state index contributed by atoms with van der Waals surface area (Å²) < 4.78 is 10.7. The normalized spacial score (nSPS) is 18.1. The largest absolute Gasteiger partial charge is 0.347 e. The number of hydrogen-bond acceptors (Lipinski definition) is 2. The molecule has 17 heavy (non-hydrogen) atoms. The lowest BCUT2D eigenvalue weighted by Crippen LogP contribution is -2.10. The predicted octanol–water partition coefficient (Wildman–Crippen LogP) is 3.37. The Morgan fingerprint density at radius 3 is 2.18 bits per heavy atom. The Morgan fingerprint density at radius 1 is 1.06 bits per heavy atom. The Hall–Kier alpha value is -1.12. The lowest BCUT2D eigenvalue weighted by atomic mass is 9.87. The van der Waals surface area contributed by atoms with Crippen LogP contribution in [-0.2, 0) is 14.9 Å². The van der Waals surface area contributed by atoms with E-state index in [0.29, 0.717) is 13.2 Å². The first-order chi connectivity index (χ1) is 8.05. The van der Waals surface area contributed by atoms with Crippen LogP contribution in [0.1, 0.15) is 31.9 Å². The SMILES string of the molecule is CC(C)(C)c1ccc(C=CC2OCCO2)cc1. The van der Waals surface area contributed by atoms with E-state index in [2.05, 4.69) is 45.0 Å². The molecule has 0 unspecified atom stereocenters. The minimum atomic E-state index is -0.169. The minimum absolute atomic E-state index is 0.169. The third kappa shape index (κ3) is 3.42. The fourth-order valence-corrected chi connectivity index (χ4v) is 1.77. The highest BCUT2D eigenvalue weighted by Gasteiger charge is 2.13. The van der Waals surface area contributed by atoms with Crippen LogP contribution in [0.5, 0.6) is 0 Å². The minimum Gasteiger partial charge on any atom is -0.347 e. The smallest absolute Gasteiger partial charge is 0.177 e. The highest BCUT2D eigenvalue weighted by atomic mass is 16.7. The molecule has 1 aromatic carbocycles. The van der Waals surface area contributed by atoms with Crippen molar-refractivity contribution in [1.82, 2.24) is 0 Å². The molecule has 0 spiro atoms. The molecule has 0 saturated carbocycles. The first-order valence-electron chi connectivity index (χ1n) is 6.08. The van der Waals surface area contributed by atoms with E-state index in [9.17, 15) is 0 Å². The van der Waals surface area contributed by atoms with Gasteiger partial charge in [0.15, 0.2) is 6.29 Å². The van der Waals surface area contributed by atoms with Crippen molar-refractivity contribution in [3.63, 3.8) is 0 Å². The van der Waals surface area contributed by atoms with Gasteiger partial charge in [0.05, 0.1) is 13.2 Å². The number of rotatable bonds is 2. The molecule has 2 heteroatoms. The lowest BCUT2D eigenvalue weighted by Gasteiger charge is -2.18. The number of ether oxygens (including phenoxy) is 2. The van der Waals surface area contributed by atoms with Gasteiger partial charge in [0.1, 0.15) is 0 Å². The topological polar surface area (TPSA) is 18.5 Å². The Labute approximate surface area is 103 Å². The maximum Gasteiger partial charge on any atom is 0.177 e. The Kier molecular flexibility index (Phi) is 3.65. The van der Waals surface area contributed by atoms with E-state index in [-0.39, 0.29) is 11.7 Å². The summed E-state index contributed by atoms with van der Waals surface area (Å²) in [4.78, 5) is 0. The van der Waals surface area contributed by atoms with Crippen LogP contribution in [0, 0.1) is 0 Å². The van der Waals surface area contributed by atoms with Crippen LogP contribution in [0.3, 0.4) is 0 Å². The number of hydrogen-bond donors (Lipinski definition) is 0. The van der Waals surface area contributed by atoms with Gasteiger partial charge < -0.3 is 9.47 Å². The van der Waals surface area contributed by atoms with Gasteiger partial charge in [0, 0.05) is 0 Å². The Morgan fingerprint density at radius 2 is 1.65 bits per heavy atom. The van der Waals surface area contributed by atoms with Gasteiger partial charge in [-0.25, -0.2) is 0 Å². The van der Waals surface area contributed by atoms with E-state index < -0.39 is 0 Å². The fourth-order valence-electron chi connectivity index (χ4n) is 1.77. The van der Waals surface area contributed by atoms with E-state index in [0.717, 1.165) is 0 Å². The summed E-state index contributed by atoms with van der Waals surface area (Å²) in [6.07, 6.45) is 3.83. The summed E-state index contributed by atoms with van der Waals surface area (Å²) in [7, 11) is 0. The second kappa shape index (κ2) is 5.03. The summed E-state index contributed by atoms with van der Waals surface area (Å²) in [6, 6.07) is 8.62. The van der Waals surface area contributed by atoms with Crippen molar-refractivity contribution >= 4 is 6.08 Å². The van der Waals surface area contributed by atoms with Crippen LogP contribution in [0.2, 0.25) is 0 Å². The molecule has 0 radical (unpaired) electrons. The molecule has 2 nitrogen and oxygen atoms in total. The van der Waals surface area contributed by atoms with Gasteiger partial charge in [-0.3, -0.25) is 0 Å². The molecule has 1 aromatic rings. The molecule has 0 bridgehead atoms. The van der Waals surface area contributed by atoms with E-state index in [1.165, 1.54) is 11.1 Å². The second-order valence-corrected chi connectivity index (χ2v) is 5.34. The molecule has 1 aliphatic heterocycles. The van der Waals surface area contributed by atoms with Gasteiger partial charge in [-0.05, 0) is 22.6 Å². The molecule has 1 fully saturated rings. The van der Waals surface area contributed by atoms with Crippen molar-refractivity contribution in [1.29, 1.82) is 0 Å². The fraction of sp³-hybridized carbons (Fsp3) is 0.467. The predicted molar refractivity (Wildman–Crippen MR) is 69.9 cm³/mol. The standard InChI is InChI=1S/C15H20O2/c1-15(2,3)13-7-4-12(5-8-13)6-9-14-16-10-11-17-14/h4-9,14H,10-11H2,1-3H3. The van der Waals surface area contributed by atoms with Crippen molar-refractivity contribution < 1.29 is 9.47 Å². The molecular formula is C15H20O2. The molecule has 1 heterocycles. The lowest BCUT2D eigenvalue weighted by molar-refractivity contribution is -0.000907. The van der Waals surface area contributed by atoms with Crippen molar-refractivity contribution in [2.24, 2.45) is 0 Å². The summed E-state index contributed by atoms with van der Waals surface area (Å²) in [5.41, 5.74) is 2.74. The monoisotopic (exact) mass is 232 g/mol. The van der Waals surface area contributed by atoms with Crippen LogP contribution in [0.25, 0.3) is 6.08 Å². The molecule has 1 aliphatic rings. The number of benzene rings is 1. The van der Waals surface area contributed by atoms with Gasteiger partial charge in [-0.1, -0.05) is 51.1 Å². The molecule has 2 rings (SSSR count). The molecular weight excluding hydrogens is 212 g/mol. The van der Waals surface area contributed by atoms with Crippen molar-refractivity contribution in [3.05, 3.63) is 41.5 Å². The zero-order valence-electron chi connectivity index (χ0n) is 10.8. The Bertz CT molecular complexity index is 378. The molecule has 0 N–H and O–H groups in total. The molecule has 0 atom stereocenters. The van der Waals surface area contributed by atoms with Crippen LogP contribution < -0.4 is 0 Å². The van der Waals surface area contributed by atoms with E-state index in [4.69, 9.17) is 9.47 Å². The average molecular weight is 232 g/mol. The first kappa shape index (κ1) is 12.3. The third-order valence-corrected chi connectivity index (χ3v) is 2.87. The van der Waals surface area contributed by atoms with Crippen molar-refractivity contribution in [2.45, 2.75) is 32.5 Å². The average Bonchev–Trinajstić information content (AvgIpc) is 2.78. The summed E-state index contributed by atoms with van der Waals surface area (Å²) in [6.45, 7) is 8.05. The van der Waals surface area contributed by atoms with E-state index >= 15 is 0 Å². The zero-order valence-corrected chi connectivity index (χ0v) is 10.8. The van der Waals surface area contributed by atoms with E-state index in [1.807, 2.05) is 12.2 Å². The molecule has 0 aromatic heterocycles. The highest BCUT2D eigenvalue weighted by molar-refractivity contribution is 5.50. The van der Waals surface area contributed by atoms with Crippen LogP contribution in [0.15, 0.2) is 30.3 Å². The summed E-state index contributed by atoms with van der Waals surface area (Å²) in [5, 5.41) is 0. The summed E-state index contributed by atoms with van der Waals surface area (Å²) >= 11 is 0. The van der Waals surface area contributed by atoms with Crippen LogP contribution in [0.4, 0.5) is 0 Å². The van der Waals surface area contributed by atoms with E-state index in [1.54, 1.807) is 0 Å². The van der Waals surface area contributed by atoms with Crippen molar-refractivity contribution in [2.75, 3.05) is 13.2 Å². The van der Waals surface area contributed by atoms with Crippen molar-refractivity contribution in [3.8, 4) is 0 Å². The van der Waals surface area contributed by atoms with Gasteiger partial charge in [0.2, 0.25) is 0 Å². The Balaban J connectivity index is 2.02. The quantitative estimate of drug-likeness (QED) is 0.778. The van der Waals surface area contributed by atoms with Crippen LogP contribution in [-0.4, -0.2) is 19.5 Å². The zero-order chi connectivity index (χ0) is 12.3. The maximum absolute atomic E-state index is 5.34. The van der Waals surface area contributed by atoms with Gasteiger partial charge in [0.25, 0.3) is 0 Å². The van der Waals surface area contributed by atoms with Crippen LogP contribution >= 0.6 is 0 Å². The van der Waals surface area contributed by atoms with Gasteiger partial charge >= 0.3 is 0 Å². The van der Waals surface area contributed by atoms with Gasteiger partial charge in [-0.2, -0.15) is 0 Å². The first-order valence-corrected chi connectivity index (χ1v) is 6.08. The second-order valence-electron chi connectivity index (χ2n) is 5.34. The molecule has 0 aliphatic carbocycles.